The van der Waals surface area contributed by atoms with Gasteiger partial charge in [-0.1, -0.05) is 34.1 Å². The standard InChI is InChI=1S/C16H14BrFN2/c1-10-4-3-5-16(14(10)9-19)20-11(2)13-7-6-12(18)8-15(13)17/h3-8,11,20H,1-2H3. The van der Waals surface area contributed by atoms with Gasteiger partial charge in [-0.15, -0.1) is 0 Å². The fraction of sp³-hybridized carbons (Fsp3) is 0.188. The first kappa shape index (κ1) is 14.5. The number of nitriles is 1. The lowest BCUT2D eigenvalue weighted by molar-refractivity contribution is 0.625. The Morgan fingerprint density at radius 2 is 2.05 bits per heavy atom. The van der Waals surface area contributed by atoms with Crippen molar-refractivity contribution in [3.8, 4) is 6.07 Å². The number of halogens is 2. The molecule has 1 atom stereocenters. The average molecular weight is 333 g/mol. The van der Waals surface area contributed by atoms with Crippen LogP contribution in [0.25, 0.3) is 0 Å². The normalized spacial score (nSPS) is 11.8. The van der Waals surface area contributed by atoms with Crippen molar-refractivity contribution in [2.75, 3.05) is 5.32 Å². The summed E-state index contributed by atoms with van der Waals surface area (Å²) in [5.74, 6) is -0.277. The zero-order valence-corrected chi connectivity index (χ0v) is 12.8. The number of aryl methyl sites for hydroxylation is 1. The fourth-order valence-electron chi connectivity index (χ4n) is 2.10. The molecule has 0 bridgehead atoms. The van der Waals surface area contributed by atoms with Gasteiger partial charge in [0, 0.05) is 10.5 Å². The van der Waals surface area contributed by atoms with Crippen LogP contribution in [0.4, 0.5) is 10.1 Å². The molecule has 0 spiro atoms. The van der Waals surface area contributed by atoms with E-state index in [1.807, 2.05) is 32.0 Å². The van der Waals surface area contributed by atoms with E-state index in [2.05, 4.69) is 27.3 Å². The predicted molar refractivity (Wildman–Crippen MR) is 82.0 cm³/mol. The third-order valence-corrected chi connectivity index (χ3v) is 3.87. The van der Waals surface area contributed by atoms with E-state index in [1.54, 1.807) is 6.07 Å². The van der Waals surface area contributed by atoms with Gasteiger partial charge in [0.1, 0.15) is 11.9 Å². The molecule has 2 nitrogen and oxygen atoms in total. The van der Waals surface area contributed by atoms with Crippen LogP contribution >= 0.6 is 15.9 Å². The average Bonchev–Trinajstić information content (AvgIpc) is 2.38. The first-order valence-corrected chi connectivity index (χ1v) is 7.03. The van der Waals surface area contributed by atoms with E-state index in [0.29, 0.717) is 10.0 Å². The lowest BCUT2D eigenvalue weighted by atomic mass is 10.0. The molecule has 1 unspecified atom stereocenters. The Morgan fingerprint density at radius 1 is 1.30 bits per heavy atom. The zero-order valence-electron chi connectivity index (χ0n) is 11.2. The van der Waals surface area contributed by atoms with Crippen LogP contribution in [0.5, 0.6) is 0 Å². The van der Waals surface area contributed by atoms with Gasteiger partial charge in [-0.3, -0.25) is 0 Å². The van der Waals surface area contributed by atoms with Crippen LogP contribution in [0.3, 0.4) is 0 Å². The molecule has 0 aliphatic carbocycles. The predicted octanol–water partition coefficient (Wildman–Crippen LogP) is 4.94. The van der Waals surface area contributed by atoms with E-state index in [4.69, 9.17) is 0 Å². The minimum atomic E-state index is -0.277. The molecule has 2 aromatic carbocycles. The lowest BCUT2D eigenvalue weighted by Gasteiger charge is -2.18. The topological polar surface area (TPSA) is 35.8 Å². The van der Waals surface area contributed by atoms with Crippen LogP contribution in [0.2, 0.25) is 0 Å². The largest absolute Gasteiger partial charge is 0.377 e. The second-order valence-corrected chi connectivity index (χ2v) is 5.50. The second-order valence-electron chi connectivity index (χ2n) is 4.64. The maximum absolute atomic E-state index is 13.1. The van der Waals surface area contributed by atoms with Gasteiger partial charge in [-0.05, 0) is 43.2 Å². The van der Waals surface area contributed by atoms with Crippen molar-refractivity contribution in [3.63, 3.8) is 0 Å². The van der Waals surface area contributed by atoms with E-state index in [9.17, 15) is 9.65 Å². The molecule has 0 aromatic heterocycles. The maximum atomic E-state index is 13.1. The van der Waals surface area contributed by atoms with E-state index >= 15 is 0 Å². The number of hydrogen-bond acceptors (Lipinski definition) is 2. The zero-order chi connectivity index (χ0) is 14.7. The number of anilines is 1. The van der Waals surface area contributed by atoms with Gasteiger partial charge in [-0.2, -0.15) is 5.26 Å². The SMILES string of the molecule is Cc1cccc(NC(C)c2ccc(F)cc2Br)c1C#N. The van der Waals surface area contributed by atoms with Gasteiger partial charge in [0.25, 0.3) is 0 Å². The molecule has 0 heterocycles. The summed E-state index contributed by atoms with van der Waals surface area (Å²) in [4.78, 5) is 0. The second kappa shape index (κ2) is 6.06. The molecule has 0 saturated carbocycles. The molecular formula is C16H14BrFN2. The Morgan fingerprint density at radius 3 is 2.70 bits per heavy atom. The lowest BCUT2D eigenvalue weighted by Crippen LogP contribution is -2.09. The van der Waals surface area contributed by atoms with Gasteiger partial charge < -0.3 is 5.32 Å². The Kier molecular flexibility index (Phi) is 4.41. The Balaban J connectivity index is 2.31. The summed E-state index contributed by atoms with van der Waals surface area (Å²) in [5, 5.41) is 12.5. The summed E-state index contributed by atoms with van der Waals surface area (Å²) in [6.07, 6.45) is 0. The van der Waals surface area contributed by atoms with E-state index in [1.165, 1.54) is 12.1 Å². The smallest absolute Gasteiger partial charge is 0.124 e. The van der Waals surface area contributed by atoms with Gasteiger partial charge >= 0.3 is 0 Å². The van der Waals surface area contributed by atoms with E-state index in [0.717, 1.165) is 16.8 Å². The van der Waals surface area contributed by atoms with Gasteiger partial charge in [0.05, 0.1) is 11.3 Å². The highest BCUT2D eigenvalue weighted by molar-refractivity contribution is 9.10. The van der Waals surface area contributed by atoms with Crippen molar-refractivity contribution < 1.29 is 4.39 Å². The molecule has 0 fully saturated rings. The van der Waals surface area contributed by atoms with Crippen LogP contribution in [0.15, 0.2) is 40.9 Å². The molecule has 0 aliphatic heterocycles. The highest BCUT2D eigenvalue weighted by Crippen LogP contribution is 2.28. The van der Waals surface area contributed by atoms with Crippen molar-refractivity contribution in [1.29, 1.82) is 5.26 Å². The minimum absolute atomic E-state index is 0.0427. The van der Waals surface area contributed by atoms with Gasteiger partial charge in [0.2, 0.25) is 0 Å². The van der Waals surface area contributed by atoms with Crippen LogP contribution < -0.4 is 5.32 Å². The molecular weight excluding hydrogens is 319 g/mol. The summed E-state index contributed by atoms with van der Waals surface area (Å²) < 4.78 is 13.8. The summed E-state index contributed by atoms with van der Waals surface area (Å²) in [7, 11) is 0. The fourth-order valence-corrected chi connectivity index (χ4v) is 2.79. The molecule has 0 radical (unpaired) electrons. The van der Waals surface area contributed by atoms with E-state index < -0.39 is 0 Å². The van der Waals surface area contributed by atoms with Crippen LogP contribution in [0.1, 0.15) is 29.7 Å². The molecule has 2 rings (SSSR count). The molecule has 0 amide bonds. The van der Waals surface area contributed by atoms with Crippen molar-refractivity contribution in [3.05, 3.63) is 63.4 Å². The maximum Gasteiger partial charge on any atom is 0.124 e. The van der Waals surface area contributed by atoms with Crippen molar-refractivity contribution in [2.45, 2.75) is 19.9 Å². The van der Waals surface area contributed by atoms with Gasteiger partial charge in [0.15, 0.2) is 0 Å². The van der Waals surface area contributed by atoms with Crippen molar-refractivity contribution >= 4 is 21.6 Å². The third-order valence-electron chi connectivity index (χ3n) is 3.19. The number of nitrogens with zero attached hydrogens (tertiary/aromatic N) is 1. The highest BCUT2D eigenvalue weighted by Gasteiger charge is 2.12. The molecule has 4 heteroatoms. The first-order valence-electron chi connectivity index (χ1n) is 6.24. The number of hydrogen-bond donors (Lipinski definition) is 1. The Labute approximate surface area is 126 Å². The van der Waals surface area contributed by atoms with E-state index in [-0.39, 0.29) is 11.9 Å². The van der Waals surface area contributed by atoms with Crippen molar-refractivity contribution in [1.82, 2.24) is 0 Å². The monoisotopic (exact) mass is 332 g/mol. The third kappa shape index (κ3) is 3.00. The number of rotatable bonds is 3. The highest BCUT2D eigenvalue weighted by atomic mass is 79.9. The molecule has 102 valence electrons. The quantitative estimate of drug-likeness (QED) is 0.863. The molecule has 0 saturated heterocycles. The summed E-state index contributed by atoms with van der Waals surface area (Å²) in [6, 6.07) is 12.5. The number of nitrogens with one attached hydrogen (secondary N) is 1. The molecule has 20 heavy (non-hydrogen) atoms. The summed E-state index contributed by atoms with van der Waals surface area (Å²) in [5.41, 5.74) is 3.30. The van der Waals surface area contributed by atoms with Crippen molar-refractivity contribution in [2.24, 2.45) is 0 Å². The van der Waals surface area contributed by atoms with Crippen LogP contribution in [-0.2, 0) is 0 Å². The first-order chi connectivity index (χ1) is 9.52. The molecule has 1 N–H and O–H groups in total. The van der Waals surface area contributed by atoms with Crippen LogP contribution in [0, 0.1) is 24.1 Å². The van der Waals surface area contributed by atoms with Gasteiger partial charge in [-0.25, -0.2) is 4.39 Å². The Hall–Kier alpha value is -1.86. The summed E-state index contributed by atoms with van der Waals surface area (Å²) in [6.45, 7) is 3.88. The summed E-state index contributed by atoms with van der Waals surface area (Å²) >= 11 is 3.37. The Bertz CT molecular complexity index is 677. The molecule has 2 aromatic rings. The van der Waals surface area contributed by atoms with Crippen LogP contribution in [-0.4, -0.2) is 0 Å². The number of benzene rings is 2. The molecule has 0 aliphatic rings. The minimum Gasteiger partial charge on any atom is -0.377 e.